The summed E-state index contributed by atoms with van der Waals surface area (Å²) in [6, 6.07) is 0. The number of nitrogens with two attached hydrogens (primary N) is 3. The fourth-order valence-corrected chi connectivity index (χ4v) is 8.07. The molecule has 3 fully saturated rings. The third-order valence-electron chi connectivity index (χ3n) is 10.3. The lowest BCUT2D eigenvalue weighted by Crippen LogP contribution is -2.33. The molecule has 19 N–H and O–H groups in total. The summed E-state index contributed by atoms with van der Waals surface area (Å²) < 4.78 is 65.2. The zero-order chi connectivity index (χ0) is 51.2. The van der Waals surface area contributed by atoms with E-state index in [1.54, 1.807) is 0 Å². The molecule has 9 heterocycles. The van der Waals surface area contributed by atoms with Crippen LogP contribution >= 0.6 is 23.5 Å². The molecule has 9 rings (SSSR count). The van der Waals surface area contributed by atoms with E-state index in [0.29, 0.717) is 11.0 Å². The van der Waals surface area contributed by atoms with Crippen molar-refractivity contribution in [1.29, 1.82) is 0 Å². The maximum absolute atomic E-state index is 11.7. The quantitative estimate of drug-likeness (QED) is 0.0507. The number of hydrogen-bond donors (Lipinski definition) is 16. The van der Waals surface area contributed by atoms with Crippen LogP contribution < -0.4 is 22.8 Å². The Morgan fingerprint density at radius 3 is 1.19 bits per heavy atom. The Hall–Kier alpha value is -5.18. The minimum atomic E-state index is -4.76. The number of rotatable bonds is 12. The lowest BCUT2D eigenvalue weighted by molar-refractivity contribution is -0.0504. The van der Waals surface area contributed by atoms with Crippen LogP contribution in [0.25, 0.3) is 33.5 Å². The van der Waals surface area contributed by atoms with Gasteiger partial charge >= 0.3 is 23.5 Å². The fraction of sp³-hybridized carbons (Fsp3) is 0.500. The summed E-state index contributed by atoms with van der Waals surface area (Å²) in [5, 5.41) is 60.2. The first kappa shape index (κ1) is 52.6. The summed E-state index contributed by atoms with van der Waals surface area (Å²) in [7, 11) is -14.2. The van der Waals surface area contributed by atoms with Gasteiger partial charge in [0.05, 0.1) is 38.8 Å². The molecule has 0 aliphatic carbocycles. The number of imidazole rings is 3. The molecule has 3 saturated heterocycles. The van der Waals surface area contributed by atoms with Gasteiger partial charge in [0.2, 0.25) is 5.95 Å². The molecule has 40 heteroatoms. The van der Waals surface area contributed by atoms with Crippen molar-refractivity contribution < 1.29 is 101 Å². The molecule has 0 radical (unpaired) electrons. The maximum atomic E-state index is 11.7. The normalized spacial score (nSPS) is 28.3. The third kappa shape index (κ3) is 11.6. The summed E-state index contributed by atoms with van der Waals surface area (Å²) in [4.78, 5) is 97.5. The highest BCUT2D eigenvalue weighted by Gasteiger charge is 2.47. The van der Waals surface area contributed by atoms with E-state index in [0.717, 1.165) is 0 Å². The summed E-state index contributed by atoms with van der Waals surface area (Å²) in [5.74, 6) is 0.106. The number of H-pyrrole nitrogens is 1. The number of hydrogen-bond acceptors (Lipinski definition) is 27. The third-order valence-corrected chi connectivity index (χ3v) is 11.7. The van der Waals surface area contributed by atoms with Crippen molar-refractivity contribution in [2.75, 3.05) is 37.0 Å². The van der Waals surface area contributed by atoms with Crippen LogP contribution in [0.2, 0.25) is 0 Å². The van der Waals surface area contributed by atoms with Gasteiger partial charge in [-0.15, -0.1) is 0 Å². The zero-order valence-corrected chi connectivity index (χ0v) is 37.6. The van der Waals surface area contributed by atoms with Crippen molar-refractivity contribution in [1.82, 2.24) is 58.6 Å². The standard InChI is InChI=1S/C10H14N5O8P.2C10H14N5O7P/c11-10-13-7-4(8(18)14-10)12-2-15(7)9-6(17)5(16)3(23-9)1-22-24(19,20)21;2*11-8-5-9(13-2-12-8)15(3-14-5)10-7(17)6(16)4(22-10)1-21-23(18,19)20/h2-3,5-6,9,16-17H,1H2,(H2,19,20,21)(H3,11,13,14,18);2*2-4,6-7,10,16-17H,1H2,(H2,11,12,13)(H2,18,19,20)/t3-,5-,6-,9-;2*4-,6-,7-,10-/m111/s1. The molecular weight excluding hydrogens is 1020 g/mol. The predicted molar refractivity (Wildman–Crippen MR) is 224 cm³/mol. The first-order valence-electron chi connectivity index (χ1n) is 19.5. The van der Waals surface area contributed by atoms with Gasteiger partial charge in [0.1, 0.15) is 78.6 Å². The molecule has 70 heavy (non-hydrogen) atoms. The second-order valence-corrected chi connectivity index (χ2v) is 18.7. The van der Waals surface area contributed by atoms with E-state index in [-0.39, 0.29) is 40.0 Å². The second-order valence-electron chi connectivity index (χ2n) is 14.9. The van der Waals surface area contributed by atoms with E-state index in [9.17, 15) is 49.1 Å². The smallest absolute Gasteiger partial charge is 0.387 e. The lowest BCUT2D eigenvalue weighted by Gasteiger charge is -2.16. The summed E-state index contributed by atoms with van der Waals surface area (Å²) >= 11 is 0. The van der Waals surface area contributed by atoms with Gasteiger partial charge in [0.25, 0.3) is 5.56 Å². The Bertz CT molecular complexity index is 2890. The Morgan fingerprint density at radius 1 is 0.514 bits per heavy atom. The summed E-state index contributed by atoms with van der Waals surface area (Å²) in [6.07, 6.45) is -9.20. The van der Waals surface area contributed by atoms with Crippen LogP contribution in [0.1, 0.15) is 18.7 Å². The number of nitrogens with one attached hydrogen (secondary N) is 1. The van der Waals surface area contributed by atoms with E-state index in [2.05, 4.69) is 58.4 Å². The van der Waals surface area contributed by atoms with Crippen LogP contribution in [0.5, 0.6) is 0 Å². The van der Waals surface area contributed by atoms with Crippen molar-refractivity contribution in [2.45, 2.75) is 73.6 Å². The molecular formula is C30H42N15O22P3. The topological polar surface area (TPSA) is 578 Å². The monoisotopic (exact) mass is 1060 g/mol. The molecule has 12 atom stereocenters. The van der Waals surface area contributed by atoms with Gasteiger partial charge in [-0.2, -0.15) is 4.98 Å². The molecule has 6 aromatic heterocycles. The molecule has 37 nitrogen and oxygen atoms in total. The molecule has 3 aliphatic heterocycles. The van der Waals surface area contributed by atoms with Crippen molar-refractivity contribution in [3.8, 4) is 0 Å². The van der Waals surface area contributed by atoms with Gasteiger partial charge in [0.15, 0.2) is 52.8 Å². The Kier molecular flexibility index (Phi) is 15.4. The zero-order valence-electron chi connectivity index (χ0n) is 34.9. The number of anilines is 3. The van der Waals surface area contributed by atoms with Gasteiger partial charge in [-0.3, -0.25) is 37.1 Å². The molecule has 0 spiro atoms. The largest absolute Gasteiger partial charge is 0.469 e. The Morgan fingerprint density at radius 2 is 0.843 bits per heavy atom. The lowest BCUT2D eigenvalue weighted by atomic mass is 10.1. The van der Waals surface area contributed by atoms with E-state index in [1.807, 2.05) is 0 Å². The van der Waals surface area contributed by atoms with Crippen LogP contribution in [0.15, 0.2) is 36.4 Å². The number of phosphoric acid groups is 3. The van der Waals surface area contributed by atoms with Crippen LogP contribution in [-0.4, -0.2) is 193 Å². The number of aliphatic hydroxyl groups is 6. The minimum Gasteiger partial charge on any atom is -0.387 e. The van der Waals surface area contributed by atoms with Crippen molar-refractivity contribution in [3.63, 3.8) is 0 Å². The number of aromatic amines is 1. The number of fused-ring (bicyclic) bond motifs is 3. The number of aliphatic hydroxyl groups excluding tert-OH is 6. The average molecular weight is 1060 g/mol. The summed E-state index contributed by atoms with van der Waals surface area (Å²) in [6.45, 7) is -1.84. The fourth-order valence-electron chi connectivity index (χ4n) is 7.04. The molecule has 3 aliphatic rings. The molecule has 384 valence electrons. The highest BCUT2D eigenvalue weighted by molar-refractivity contribution is 7.46. The van der Waals surface area contributed by atoms with Gasteiger partial charge in [-0.1, -0.05) is 0 Å². The molecule has 0 amide bonds. The van der Waals surface area contributed by atoms with Gasteiger partial charge in [-0.25, -0.2) is 48.6 Å². The van der Waals surface area contributed by atoms with Crippen LogP contribution in [0.3, 0.4) is 0 Å². The summed E-state index contributed by atoms with van der Waals surface area (Å²) in [5.41, 5.74) is 17.3. The Labute approximate surface area is 386 Å². The number of nitrogens with zero attached hydrogens (tertiary/aromatic N) is 11. The van der Waals surface area contributed by atoms with E-state index in [4.69, 9.17) is 60.8 Å². The first-order valence-corrected chi connectivity index (χ1v) is 24.1. The molecule has 0 aromatic carbocycles. The number of aromatic nitrogens is 12. The molecule has 0 saturated carbocycles. The van der Waals surface area contributed by atoms with Crippen LogP contribution in [-0.2, 0) is 41.5 Å². The highest BCUT2D eigenvalue weighted by atomic mass is 31.2. The minimum absolute atomic E-state index is 0.0176. The van der Waals surface area contributed by atoms with Gasteiger partial charge < -0.3 is 91.4 Å². The van der Waals surface area contributed by atoms with Gasteiger partial charge in [0, 0.05) is 0 Å². The second kappa shape index (κ2) is 20.5. The van der Waals surface area contributed by atoms with Crippen LogP contribution in [0.4, 0.5) is 17.6 Å². The molecule has 0 unspecified atom stereocenters. The van der Waals surface area contributed by atoms with E-state index in [1.165, 1.54) is 45.3 Å². The van der Waals surface area contributed by atoms with Crippen LogP contribution in [0, 0.1) is 0 Å². The number of nitrogen functional groups attached to an aromatic ring is 3. The van der Waals surface area contributed by atoms with Crippen molar-refractivity contribution in [3.05, 3.63) is 42.0 Å². The van der Waals surface area contributed by atoms with Crippen molar-refractivity contribution in [2.24, 2.45) is 0 Å². The number of phosphoric ester groups is 3. The Balaban J connectivity index is 0.000000155. The number of ether oxygens (including phenoxy) is 3. The molecule has 0 bridgehead atoms. The highest BCUT2D eigenvalue weighted by Crippen LogP contribution is 2.41. The average Bonchev–Trinajstić information content (AvgIpc) is 4.13. The van der Waals surface area contributed by atoms with Gasteiger partial charge in [-0.05, 0) is 0 Å². The van der Waals surface area contributed by atoms with E-state index >= 15 is 0 Å². The predicted octanol–water partition coefficient (Wildman–Crippen LogP) is -6.30. The molecule has 6 aromatic rings. The van der Waals surface area contributed by atoms with E-state index < -0.39 is 122 Å². The van der Waals surface area contributed by atoms with Crippen molar-refractivity contribution >= 4 is 74.5 Å². The maximum Gasteiger partial charge on any atom is 0.469 e. The SMILES string of the molecule is Nc1nc2c(ncn2[C@@H]2O[C@H](COP(=O)(O)O)[C@@H](O)[C@H]2O)c(=O)[nH]1.Nc1ncnc2c1ncn2[C@@H]1O[C@H](COP(=O)(O)O)[C@@H](O)[C@H]1O.Nc1ncnc2c1ncn2[C@@H]1O[C@H](COP(=O)(O)O)[C@@H](O)[C@H]1O. The first-order chi connectivity index (χ1) is 32.7.